The molecule has 2 rings (SSSR count). The summed E-state index contributed by atoms with van der Waals surface area (Å²) in [6.07, 6.45) is 3.89. The van der Waals surface area contributed by atoms with Crippen molar-refractivity contribution >= 4 is 0 Å². The lowest BCUT2D eigenvalue weighted by Crippen LogP contribution is -2.44. The molecule has 0 aromatic heterocycles. The molecule has 0 unspecified atom stereocenters. The van der Waals surface area contributed by atoms with Gasteiger partial charge in [-0.3, -0.25) is 0 Å². The summed E-state index contributed by atoms with van der Waals surface area (Å²) in [6, 6.07) is 5.38. The minimum Gasteiger partial charge on any atom is -0.504 e. The number of hydrogen-bond donors (Lipinski definition) is 3. The summed E-state index contributed by atoms with van der Waals surface area (Å²) < 4.78 is 5.04. The number of ether oxygens (including phenoxy) is 1. The van der Waals surface area contributed by atoms with Gasteiger partial charge in [0.2, 0.25) is 0 Å². The Morgan fingerprint density at radius 2 is 1.91 bits per heavy atom. The lowest BCUT2D eigenvalue weighted by atomic mass is 9.68. The van der Waals surface area contributed by atoms with Gasteiger partial charge < -0.3 is 20.3 Å². The summed E-state index contributed by atoms with van der Waals surface area (Å²) in [5.41, 5.74) is 0.710. The van der Waals surface area contributed by atoms with Crippen molar-refractivity contribution in [3.05, 3.63) is 23.8 Å². The number of hydrogen-bond acceptors (Lipinski definition) is 4. The highest BCUT2D eigenvalue weighted by molar-refractivity contribution is 5.41. The van der Waals surface area contributed by atoms with Crippen LogP contribution in [0.2, 0.25) is 0 Å². The first-order valence-corrected chi connectivity index (χ1v) is 8.52. The van der Waals surface area contributed by atoms with Crippen LogP contribution in [-0.2, 0) is 6.54 Å². The molecular formula is C19H31NO3. The Labute approximate surface area is 139 Å². The lowest BCUT2D eigenvalue weighted by molar-refractivity contribution is -0.0239. The third-order valence-corrected chi connectivity index (χ3v) is 5.17. The van der Waals surface area contributed by atoms with Gasteiger partial charge >= 0.3 is 0 Å². The minimum atomic E-state index is -0.601. The van der Waals surface area contributed by atoms with Crippen molar-refractivity contribution in [1.82, 2.24) is 5.32 Å². The number of methoxy groups -OCH3 is 1. The van der Waals surface area contributed by atoms with E-state index in [-0.39, 0.29) is 5.75 Å². The standard InChI is InChI=1S/C19H31NO3/c1-18(2,3)15-7-9-19(22,10-8-15)13-20-12-14-5-6-17(23-4)16(21)11-14/h5-6,11,15,20-22H,7-10,12-13H2,1-4H3. The molecule has 130 valence electrons. The molecule has 0 spiro atoms. The van der Waals surface area contributed by atoms with Gasteiger partial charge in [0.05, 0.1) is 12.7 Å². The highest BCUT2D eigenvalue weighted by Gasteiger charge is 2.36. The number of aromatic hydroxyl groups is 1. The van der Waals surface area contributed by atoms with E-state index < -0.39 is 5.60 Å². The Morgan fingerprint density at radius 3 is 2.43 bits per heavy atom. The van der Waals surface area contributed by atoms with Crippen LogP contribution in [0.15, 0.2) is 18.2 Å². The molecule has 0 bridgehead atoms. The smallest absolute Gasteiger partial charge is 0.160 e. The van der Waals surface area contributed by atoms with Gasteiger partial charge in [0.1, 0.15) is 0 Å². The Kier molecular flexibility index (Phi) is 5.58. The van der Waals surface area contributed by atoms with Crippen LogP contribution in [0.25, 0.3) is 0 Å². The fourth-order valence-corrected chi connectivity index (χ4v) is 3.48. The number of phenols is 1. The number of phenolic OH excluding ortho intramolecular Hbond substituents is 1. The number of rotatable bonds is 5. The SMILES string of the molecule is COc1ccc(CNCC2(O)CCC(C(C)(C)C)CC2)cc1O. The van der Waals surface area contributed by atoms with Crippen molar-refractivity contribution in [2.75, 3.05) is 13.7 Å². The van der Waals surface area contributed by atoms with Gasteiger partial charge in [-0.05, 0) is 54.7 Å². The average molecular weight is 321 g/mol. The summed E-state index contributed by atoms with van der Waals surface area (Å²) in [7, 11) is 1.54. The molecule has 1 aromatic carbocycles. The van der Waals surface area contributed by atoms with Gasteiger partial charge in [0.15, 0.2) is 11.5 Å². The van der Waals surface area contributed by atoms with Crippen LogP contribution in [0.3, 0.4) is 0 Å². The molecule has 4 nitrogen and oxygen atoms in total. The van der Waals surface area contributed by atoms with Crippen LogP contribution in [0.4, 0.5) is 0 Å². The molecule has 1 aliphatic rings. The van der Waals surface area contributed by atoms with Gasteiger partial charge in [-0.1, -0.05) is 26.8 Å². The monoisotopic (exact) mass is 321 g/mol. The van der Waals surface area contributed by atoms with Gasteiger partial charge in [0, 0.05) is 13.1 Å². The van der Waals surface area contributed by atoms with Gasteiger partial charge in [-0.2, -0.15) is 0 Å². The summed E-state index contributed by atoms with van der Waals surface area (Å²) >= 11 is 0. The third kappa shape index (κ3) is 4.85. The Bertz CT molecular complexity index is 514. The van der Waals surface area contributed by atoms with Crippen molar-refractivity contribution in [1.29, 1.82) is 0 Å². The Morgan fingerprint density at radius 1 is 1.26 bits per heavy atom. The summed E-state index contributed by atoms with van der Waals surface area (Å²) in [5, 5.41) is 23.9. The quantitative estimate of drug-likeness (QED) is 0.777. The first-order valence-electron chi connectivity index (χ1n) is 8.52. The van der Waals surface area contributed by atoms with Crippen LogP contribution in [-0.4, -0.2) is 29.5 Å². The number of benzene rings is 1. The molecule has 1 fully saturated rings. The highest BCUT2D eigenvalue weighted by Crippen LogP contribution is 2.41. The molecule has 1 saturated carbocycles. The lowest BCUT2D eigenvalue weighted by Gasteiger charge is -2.41. The average Bonchev–Trinajstić information content (AvgIpc) is 2.47. The molecule has 0 radical (unpaired) electrons. The van der Waals surface area contributed by atoms with Crippen molar-refractivity contribution in [2.45, 2.75) is 58.6 Å². The molecule has 1 aliphatic carbocycles. The maximum absolute atomic E-state index is 10.7. The second-order valence-corrected chi connectivity index (χ2v) is 7.97. The number of nitrogens with one attached hydrogen (secondary N) is 1. The Hall–Kier alpha value is -1.26. The van der Waals surface area contributed by atoms with E-state index in [0.29, 0.717) is 30.2 Å². The van der Waals surface area contributed by atoms with Gasteiger partial charge in [-0.15, -0.1) is 0 Å². The van der Waals surface area contributed by atoms with Crippen molar-refractivity contribution in [2.24, 2.45) is 11.3 Å². The second kappa shape index (κ2) is 7.10. The van der Waals surface area contributed by atoms with E-state index in [0.717, 1.165) is 31.2 Å². The molecule has 0 aliphatic heterocycles. The summed E-state index contributed by atoms with van der Waals surface area (Å²) in [4.78, 5) is 0. The second-order valence-electron chi connectivity index (χ2n) is 7.97. The van der Waals surface area contributed by atoms with Gasteiger partial charge in [0.25, 0.3) is 0 Å². The van der Waals surface area contributed by atoms with E-state index in [1.165, 1.54) is 7.11 Å². The molecule has 23 heavy (non-hydrogen) atoms. The molecule has 1 aromatic rings. The van der Waals surface area contributed by atoms with Crippen molar-refractivity contribution < 1.29 is 14.9 Å². The van der Waals surface area contributed by atoms with E-state index in [2.05, 4.69) is 26.1 Å². The van der Waals surface area contributed by atoms with E-state index in [1.807, 2.05) is 6.07 Å². The van der Waals surface area contributed by atoms with Crippen LogP contribution >= 0.6 is 0 Å². The number of aliphatic hydroxyl groups is 1. The maximum atomic E-state index is 10.7. The molecule has 4 heteroatoms. The van der Waals surface area contributed by atoms with Crippen molar-refractivity contribution in [3.63, 3.8) is 0 Å². The minimum absolute atomic E-state index is 0.149. The summed E-state index contributed by atoms with van der Waals surface area (Å²) in [5.74, 6) is 1.32. The Balaban J connectivity index is 1.81. The van der Waals surface area contributed by atoms with Crippen LogP contribution in [0.1, 0.15) is 52.0 Å². The topological polar surface area (TPSA) is 61.7 Å². The molecule has 0 atom stereocenters. The molecule has 3 N–H and O–H groups in total. The summed E-state index contributed by atoms with van der Waals surface area (Å²) in [6.45, 7) is 8.09. The first kappa shape index (κ1) is 18.1. The zero-order valence-electron chi connectivity index (χ0n) is 14.9. The van der Waals surface area contributed by atoms with Crippen molar-refractivity contribution in [3.8, 4) is 11.5 Å². The van der Waals surface area contributed by atoms with E-state index in [1.54, 1.807) is 12.1 Å². The fourth-order valence-electron chi connectivity index (χ4n) is 3.48. The van der Waals surface area contributed by atoms with E-state index in [4.69, 9.17) is 4.74 Å². The molecule has 0 saturated heterocycles. The van der Waals surface area contributed by atoms with Crippen LogP contribution in [0, 0.1) is 11.3 Å². The zero-order chi connectivity index (χ0) is 17.1. The molecule has 0 amide bonds. The normalized spacial score (nSPS) is 25.3. The van der Waals surface area contributed by atoms with E-state index >= 15 is 0 Å². The zero-order valence-corrected chi connectivity index (χ0v) is 14.9. The third-order valence-electron chi connectivity index (χ3n) is 5.17. The van der Waals surface area contributed by atoms with E-state index in [9.17, 15) is 10.2 Å². The highest BCUT2D eigenvalue weighted by atomic mass is 16.5. The van der Waals surface area contributed by atoms with Crippen LogP contribution < -0.4 is 10.1 Å². The maximum Gasteiger partial charge on any atom is 0.160 e. The molecule has 0 heterocycles. The predicted octanol–water partition coefficient (Wildman–Crippen LogP) is 3.46. The first-order chi connectivity index (χ1) is 10.7. The molecular weight excluding hydrogens is 290 g/mol. The largest absolute Gasteiger partial charge is 0.504 e. The predicted molar refractivity (Wildman–Crippen MR) is 92.7 cm³/mol. The fraction of sp³-hybridized carbons (Fsp3) is 0.684. The van der Waals surface area contributed by atoms with Crippen LogP contribution in [0.5, 0.6) is 11.5 Å². The van der Waals surface area contributed by atoms with Gasteiger partial charge in [-0.25, -0.2) is 0 Å².